The minimum atomic E-state index is -0.952. The number of carboxylic acid groups (broad SMARTS) is 1. The number of aromatic nitrogens is 1. The first kappa shape index (κ1) is 14.7. The highest BCUT2D eigenvalue weighted by atomic mass is 16.4. The molecule has 22 heavy (non-hydrogen) atoms. The topological polar surface area (TPSA) is 86.8 Å². The quantitative estimate of drug-likeness (QED) is 0.898. The van der Waals surface area contributed by atoms with E-state index in [1.165, 1.54) is 12.1 Å². The van der Waals surface area contributed by atoms with Gasteiger partial charge in [-0.2, -0.15) is 0 Å². The summed E-state index contributed by atoms with van der Waals surface area (Å²) < 4.78 is 5.48. The zero-order valence-electron chi connectivity index (χ0n) is 12.1. The van der Waals surface area contributed by atoms with Crippen molar-refractivity contribution in [3.8, 4) is 11.5 Å². The first-order chi connectivity index (χ1) is 10.6. The summed E-state index contributed by atoms with van der Waals surface area (Å²) in [7, 11) is 0. The number of oxazole rings is 1. The van der Waals surface area contributed by atoms with Gasteiger partial charge < -0.3 is 14.6 Å². The highest BCUT2D eigenvalue weighted by Crippen LogP contribution is 2.21. The van der Waals surface area contributed by atoms with Crippen molar-refractivity contribution in [2.45, 2.75) is 25.5 Å². The van der Waals surface area contributed by atoms with Gasteiger partial charge in [0.2, 0.25) is 5.89 Å². The molecule has 2 heterocycles. The van der Waals surface area contributed by atoms with Crippen LogP contribution in [-0.2, 0) is 6.54 Å². The molecule has 1 fully saturated rings. The van der Waals surface area contributed by atoms with Gasteiger partial charge in [0.05, 0.1) is 17.4 Å². The van der Waals surface area contributed by atoms with Crippen LogP contribution in [0.1, 0.15) is 28.9 Å². The summed E-state index contributed by atoms with van der Waals surface area (Å²) >= 11 is 0. The van der Waals surface area contributed by atoms with Crippen molar-refractivity contribution in [1.29, 1.82) is 0 Å². The Morgan fingerprint density at radius 3 is 2.59 bits per heavy atom. The number of aliphatic hydroxyl groups excluding tert-OH is 1. The van der Waals surface area contributed by atoms with Crippen LogP contribution in [0, 0.1) is 0 Å². The lowest BCUT2D eigenvalue weighted by molar-refractivity contribution is 0.0696. The van der Waals surface area contributed by atoms with Crippen LogP contribution in [0.25, 0.3) is 11.5 Å². The smallest absolute Gasteiger partial charge is 0.335 e. The number of hydrogen-bond acceptors (Lipinski definition) is 5. The molecular formula is C16H18N2O4. The molecule has 2 N–H and O–H groups in total. The lowest BCUT2D eigenvalue weighted by Gasteiger charge is -2.28. The largest absolute Gasteiger partial charge is 0.478 e. The second-order valence-electron chi connectivity index (χ2n) is 5.53. The van der Waals surface area contributed by atoms with Crippen LogP contribution in [0.3, 0.4) is 0 Å². The van der Waals surface area contributed by atoms with Crippen molar-refractivity contribution in [3.63, 3.8) is 0 Å². The molecule has 6 nitrogen and oxygen atoms in total. The van der Waals surface area contributed by atoms with Gasteiger partial charge in [0.1, 0.15) is 6.26 Å². The number of likely N-dealkylation sites (tertiary alicyclic amines) is 1. The van der Waals surface area contributed by atoms with E-state index in [2.05, 4.69) is 9.88 Å². The Kier molecular flexibility index (Phi) is 4.22. The Balaban J connectivity index is 1.66. The van der Waals surface area contributed by atoms with E-state index in [1.54, 1.807) is 18.4 Å². The number of rotatable bonds is 4. The number of hydrogen-bond donors (Lipinski definition) is 2. The Morgan fingerprint density at radius 1 is 1.27 bits per heavy atom. The van der Waals surface area contributed by atoms with Gasteiger partial charge >= 0.3 is 5.97 Å². The first-order valence-corrected chi connectivity index (χ1v) is 7.30. The number of benzene rings is 1. The van der Waals surface area contributed by atoms with E-state index in [4.69, 9.17) is 9.52 Å². The fourth-order valence-electron chi connectivity index (χ4n) is 2.57. The highest BCUT2D eigenvalue weighted by Gasteiger charge is 2.18. The molecule has 0 unspecified atom stereocenters. The molecule has 2 aromatic rings. The van der Waals surface area contributed by atoms with Crippen LogP contribution in [0.5, 0.6) is 0 Å². The number of aliphatic hydroxyl groups is 1. The molecule has 3 rings (SSSR count). The average molecular weight is 302 g/mol. The summed E-state index contributed by atoms with van der Waals surface area (Å²) in [6.45, 7) is 2.41. The molecule has 6 heteroatoms. The maximum atomic E-state index is 10.8. The van der Waals surface area contributed by atoms with E-state index in [0.717, 1.165) is 37.2 Å². The van der Waals surface area contributed by atoms with Crippen molar-refractivity contribution >= 4 is 5.97 Å². The van der Waals surface area contributed by atoms with Crippen molar-refractivity contribution in [2.24, 2.45) is 0 Å². The fraction of sp³-hybridized carbons (Fsp3) is 0.375. The van der Waals surface area contributed by atoms with Crippen LogP contribution in [0.2, 0.25) is 0 Å². The van der Waals surface area contributed by atoms with Gasteiger partial charge in [-0.3, -0.25) is 4.90 Å². The van der Waals surface area contributed by atoms with E-state index >= 15 is 0 Å². The monoisotopic (exact) mass is 302 g/mol. The summed E-state index contributed by atoms with van der Waals surface area (Å²) in [5.74, 6) is -0.462. The van der Waals surface area contributed by atoms with Gasteiger partial charge in [0.15, 0.2) is 0 Å². The minimum absolute atomic E-state index is 0.183. The third-order valence-corrected chi connectivity index (χ3v) is 3.87. The Morgan fingerprint density at radius 2 is 1.95 bits per heavy atom. The molecule has 0 aliphatic carbocycles. The van der Waals surface area contributed by atoms with E-state index < -0.39 is 5.97 Å². The SMILES string of the molecule is O=C(O)c1ccc(-c2nc(CN3CCC(O)CC3)co2)cc1. The lowest BCUT2D eigenvalue weighted by Crippen LogP contribution is -2.35. The van der Waals surface area contributed by atoms with E-state index in [0.29, 0.717) is 12.4 Å². The van der Waals surface area contributed by atoms with E-state index in [-0.39, 0.29) is 11.7 Å². The van der Waals surface area contributed by atoms with Crippen molar-refractivity contribution in [1.82, 2.24) is 9.88 Å². The van der Waals surface area contributed by atoms with Gasteiger partial charge in [0, 0.05) is 25.2 Å². The first-order valence-electron chi connectivity index (χ1n) is 7.30. The Labute approximate surface area is 128 Å². The van der Waals surface area contributed by atoms with Gasteiger partial charge in [-0.15, -0.1) is 0 Å². The van der Waals surface area contributed by atoms with Crippen LogP contribution in [0.15, 0.2) is 34.9 Å². The van der Waals surface area contributed by atoms with Gasteiger partial charge in [-0.25, -0.2) is 9.78 Å². The summed E-state index contributed by atoms with van der Waals surface area (Å²) in [4.78, 5) is 17.5. The molecule has 1 aromatic carbocycles. The molecule has 116 valence electrons. The summed E-state index contributed by atoms with van der Waals surface area (Å²) in [5, 5.41) is 18.4. The maximum absolute atomic E-state index is 10.8. The molecule has 0 saturated carbocycles. The maximum Gasteiger partial charge on any atom is 0.335 e. The lowest BCUT2D eigenvalue weighted by atomic mass is 10.1. The zero-order valence-corrected chi connectivity index (χ0v) is 12.1. The van der Waals surface area contributed by atoms with Crippen molar-refractivity contribution in [3.05, 3.63) is 41.8 Å². The Bertz CT molecular complexity index is 642. The van der Waals surface area contributed by atoms with Crippen LogP contribution in [0.4, 0.5) is 0 Å². The predicted molar refractivity (Wildman–Crippen MR) is 79.4 cm³/mol. The van der Waals surface area contributed by atoms with Gasteiger partial charge in [0.25, 0.3) is 0 Å². The zero-order chi connectivity index (χ0) is 15.5. The van der Waals surface area contributed by atoms with Gasteiger partial charge in [-0.1, -0.05) is 0 Å². The molecule has 1 aliphatic rings. The van der Waals surface area contributed by atoms with E-state index in [1.807, 2.05) is 0 Å². The normalized spacial score (nSPS) is 16.8. The molecule has 0 bridgehead atoms. The number of nitrogens with zero attached hydrogens (tertiary/aromatic N) is 2. The second kappa shape index (κ2) is 6.29. The molecule has 1 saturated heterocycles. The number of piperidine rings is 1. The second-order valence-corrected chi connectivity index (χ2v) is 5.53. The minimum Gasteiger partial charge on any atom is -0.478 e. The third kappa shape index (κ3) is 3.35. The predicted octanol–water partition coefficient (Wildman–Crippen LogP) is 2.00. The van der Waals surface area contributed by atoms with Crippen molar-refractivity contribution < 1.29 is 19.4 Å². The summed E-state index contributed by atoms with van der Waals surface area (Å²) in [6, 6.07) is 6.45. The van der Waals surface area contributed by atoms with Crippen molar-refractivity contribution in [2.75, 3.05) is 13.1 Å². The molecule has 0 radical (unpaired) electrons. The highest BCUT2D eigenvalue weighted by molar-refractivity contribution is 5.88. The summed E-state index contributed by atoms with van der Waals surface area (Å²) in [6.07, 6.45) is 3.03. The van der Waals surface area contributed by atoms with Crippen LogP contribution < -0.4 is 0 Å². The van der Waals surface area contributed by atoms with Gasteiger partial charge in [-0.05, 0) is 37.1 Å². The molecular weight excluding hydrogens is 284 g/mol. The molecule has 0 spiro atoms. The average Bonchev–Trinajstić information content (AvgIpc) is 2.98. The number of carbonyl (C=O) groups is 1. The molecule has 1 aliphatic heterocycles. The fourth-order valence-corrected chi connectivity index (χ4v) is 2.57. The number of aromatic carboxylic acids is 1. The van der Waals surface area contributed by atoms with E-state index in [9.17, 15) is 9.90 Å². The standard InChI is InChI=1S/C16H18N2O4/c19-14-5-7-18(8-6-14)9-13-10-22-15(17-13)11-1-3-12(4-2-11)16(20)21/h1-4,10,14,19H,5-9H2,(H,20,21). The molecule has 0 amide bonds. The Hall–Kier alpha value is -2.18. The van der Waals surface area contributed by atoms with Crippen LogP contribution in [-0.4, -0.2) is 45.3 Å². The van der Waals surface area contributed by atoms with Crippen LogP contribution >= 0.6 is 0 Å². The number of carboxylic acids is 1. The molecule has 0 atom stereocenters. The third-order valence-electron chi connectivity index (χ3n) is 3.87. The summed E-state index contributed by atoms with van der Waals surface area (Å²) in [5.41, 5.74) is 1.83. The molecule has 1 aromatic heterocycles.